The predicted octanol–water partition coefficient (Wildman–Crippen LogP) is -0.373. The van der Waals surface area contributed by atoms with Crippen LogP contribution in [0.1, 0.15) is 13.8 Å². The molecular formula is C9H13KO. The average molecular weight is 176 g/mol. The molecule has 1 rings (SSSR count). The van der Waals surface area contributed by atoms with Crippen LogP contribution in [0.5, 0.6) is 5.75 Å². The van der Waals surface area contributed by atoms with Crippen molar-refractivity contribution in [2.75, 3.05) is 0 Å². The number of para-hydroxylation sites is 1. The minimum absolute atomic E-state index is 0. The summed E-state index contributed by atoms with van der Waals surface area (Å²) < 4.78 is 0. The molecule has 11 heavy (non-hydrogen) atoms. The SMILES string of the molecule is C[CH-]C.Oc1ccccc1.[K+]. The molecule has 0 aromatic heterocycles. The van der Waals surface area contributed by atoms with Crippen molar-refractivity contribution in [2.24, 2.45) is 0 Å². The fraction of sp³-hybridized carbons (Fsp3) is 0.222. The Morgan fingerprint density at radius 2 is 1.45 bits per heavy atom. The molecule has 0 atom stereocenters. The maximum atomic E-state index is 8.63. The first-order valence-corrected chi connectivity index (χ1v) is 3.29. The Morgan fingerprint density at radius 1 is 1.09 bits per heavy atom. The van der Waals surface area contributed by atoms with Crippen LogP contribution in [0.15, 0.2) is 30.3 Å². The van der Waals surface area contributed by atoms with E-state index in [0.717, 1.165) is 0 Å². The Hall–Kier alpha value is 0.656. The van der Waals surface area contributed by atoms with E-state index in [1.165, 1.54) is 0 Å². The van der Waals surface area contributed by atoms with Crippen LogP contribution in [0.3, 0.4) is 0 Å². The average Bonchev–Trinajstić information content (AvgIpc) is 1.91. The van der Waals surface area contributed by atoms with Gasteiger partial charge in [0.2, 0.25) is 0 Å². The monoisotopic (exact) mass is 176 g/mol. The van der Waals surface area contributed by atoms with Crippen molar-refractivity contribution in [3.05, 3.63) is 36.8 Å². The van der Waals surface area contributed by atoms with Crippen molar-refractivity contribution in [1.29, 1.82) is 0 Å². The van der Waals surface area contributed by atoms with Gasteiger partial charge in [-0.15, -0.1) is 0 Å². The van der Waals surface area contributed by atoms with E-state index < -0.39 is 0 Å². The number of rotatable bonds is 0. The van der Waals surface area contributed by atoms with E-state index >= 15 is 0 Å². The summed E-state index contributed by atoms with van der Waals surface area (Å²) in [4.78, 5) is 0. The Bertz CT molecular complexity index is 151. The summed E-state index contributed by atoms with van der Waals surface area (Å²) >= 11 is 0. The van der Waals surface area contributed by atoms with Crippen LogP contribution in [0.4, 0.5) is 0 Å². The summed E-state index contributed by atoms with van der Waals surface area (Å²) in [6.07, 6.45) is 2.00. The zero-order chi connectivity index (χ0) is 7.82. The molecule has 1 nitrogen and oxygen atoms in total. The Kier molecular flexibility index (Phi) is 13.8. The second-order valence-corrected chi connectivity index (χ2v) is 1.91. The van der Waals surface area contributed by atoms with Crippen LogP contribution in [-0.2, 0) is 0 Å². The summed E-state index contributed by atoms with van der Waals surface area (Å²) in [5.41, 5.74) is 0. The smallest absolute Gasteiger partial charge is 0.508 e. The van der Waals surface area contributed by atoms with Gasteiger partial charge in [0.25, 0.3) is 0 Å². The third-order valence-corrected chi connectivity index (χ3v) is 0.756. The van der Waals surface area contributed by atoms with Crippen LogP contribution in [0.25, 0.3) is 0 Å². The number of benzene rings is 1. The molecule has 0 unspecified atom stereocenters. The van der Waals surface area contributed by atoms with Crippen molar-refractivity contribution >= 4 is 0 Å². The standard InChI is InChI=1S/C6H6O.C3H7.K/c7-6-4-2-1-3-5-6;1-3-2;/h1-5,7H;3H,1-2H3;/q;-1;+1. The molecule has 1 aromatic carbocycles. The van der Waals surface area contributed by atoms with Crippen molar-refractivity contribution < 1.29 is 56.5 Å². The molecule has 56 valence electrons. The van der Waals surface area contributed by atoms with E-state index in [1.807, 2.05) is 26.3 Å². The van der Waals surface area contributed by atoms with Gasteiger partial charge in [-0.05, 0) is 12.1 Å². The molecule has 0 saturated carbocycles. The third kappa shape index (κ3) is 10.7. The molecule has 0 aliphatic carbocycles. The van der Waals surface area contributed by atoms with E-state index in [4.69, 9.17) is 5.11 Å². The molecule has 0 fully saturated rings. The van der Waals surface area contributed by atoms with E-state index in [0.29, 0.717) is 5.75 Å². The van der Waals surface area contributed by atoms with Gasteiger partial charge in [0.05, 0.1) is 0 Å². The summed E-state index contributed by atoms with van der Waals surface area (Å²) in [5, 5.41) is 8.63. The van der Waals surface area contributed by atoms with Crippen LogP contribution < -0.4 is 51.4 Å². The summed E-state index contributed by atoms with van der Waals surface area (Å²) in [5.74, 6) is 0.322. The first kappa shape index (κ1) is 14.2. The zero-order valence-electron chi connectivity index (χ0n) is 7.41. The fourth-order valence-corrected chi connectivity index (χ4v) is 0.428. The topological polar surface area (TPSA) is 20.2 Å². The molecule has 0 saturated heterocycles. The van der Waals surface area contributed by atoms with Gasteiger partial charge in [-0.3, -0.25) is 0 Å². The second kappa shape index (κ2) is 10.7. The number of hydrogen-bond acceptors (Lipinski definition) is 1. The van der Waals surface area contributed by atoms with E-state index in [-0.39, 0.29) is 51.4 Å². The van der Waals surface area contributed by atoms with Gasteiger partial charge in [-0.1, -0.05) is 18.2 Å². The van der Waals surface area contributed by atoms with Gasteiger partial charge in [0.15, 0.2) is 0 Å². The molecule has 0 aliphatic heterocycles. The maximum absolute atomic E-state index is 8.63. The molecule has 0 radical (unpaired) electrons. The minimum atomic E-state index is 0. The summed E-state index contributed by atoms with van der Waals surface area (Å²) in [6, 6.07) is 8.71. The Labute approximate surface area is 111 Å². The molecule has 2 heteroatoms. The number of hydrogen-bond donors (Lipinski definition) is 1. The molecule has 0 heterocycles. The fourth-order valence-electron chi connectivity index (χ4n) is 0.428. The van der Waals surface area contributed by atoms with Gasteiger partial charge in [0, 0.05) is 0 Å². The number of phenols is 1. The van der Waals surface area contributed by atoms with Crippen LogP contribution in [0.2, 0.25) is 0 Å². The third-order valence-electron chi connectivity index (χ3n) is 0.756. The maximum Gasteiger partial charge on any atom is 1.00 e. The normalized spacial score (nSPS) is 7.09. The first-order chi connectivity index (χ1) is 4.81. The van der Waals surface area contributed by atoms with Crippen molar-refractivity contribution in [2.45, 2.75) is 13.8 Å². The zero-order valence-corrected chi connectivity index (χ0v) is 10.5. The van der Waals surface area contributed by atoms with Gasteiger partial charge < -0.3 is 11.5 Å². The molecule has 0 aliphatic rings. The van der Waals surface area contributed by atoms with Crippen molar-refractivity contribution in [3.63, 3.8) is 0 Å². The molecule has 0 amide bonds. The summed E-state index contributed by atoms with van der Waals surface area (Å²) in [7, 11) is 0. The van der Waals surface area contributed by atoms with Crippen LogP contribution >= 0.6 is 0 Å². The van der Waals surface area contributed by atoms with Crippen molar-refractivity contribution in [3.8, 4) is 5.75 Å². The Balaban J connectivity index is 0. The van der Waals surface area contributed by atoms with Gasteiger partial charge in [0.1, 0.15) is 5.75 Å². The van der Waals surface area contributed by atoms with Gasteiger partial charge >= 0.3 is 51.4 Å². The number of aromatic hydroxyl groups is 1. The second-order valence-electron chi connectivity index (χ2n) is 1.91. The predicted molar refractivity (Wildman–Crippen MR) is 43.8 cm³/mol. The largest absolute Gasteiger partial charge is 1.00 e. The molecular weight excluding hydrogens is 163 g/mol. The molecule has 0 bridgehead atoms. The van der Waals surface area contributed by atoms with Gasteiger partial charge in [-0.25, -0.2) is 0 Å². The first-order valence-electron chi connectivity index (χ1n) is 3.29. The quantitative estimate of drug-likeness (QED) is 0.422. The molecule has 1 N–H and O–H groups in total. The van der Waals surface area contributed by atoms with E-state index in [9.17, 15) is 0 Å². The van der Waals surface area contributed by atoms with E-state index in [2.05, 4.69) is 0 Å². The summed E-state index contributed by atoms with van der Waals surface area (Å²) in [6.45, 7) is 4.00. The van der Waals surface area contributed by atoms with Crippen molar-refractivity contribution in [1.82, 2.24) is 0 Å². The van der Waals surface area contributed by atoms with Crippen LogP contribution in [-0.4, -0.2) is 5.11 Å². The van der Waals surface area contributed by atoms with Gasteiger partial charge in [-0.2, -0.15) is 13.8 Å². The number of phenolic OH excluding ortho intramolecular Hbond substituents is 1. The Morgan fingerprint density at radius 3 is 1.64 bits per heavy atom. The van der Waals surface area contributed by atoms with E-state index in [1.54, 1.807) is 24.3 Å². The molecule has 0 spiro atoms. The minimum Gasteiger partial charge on any atom is -0.508 e. The van der Waals surface area contributed by atoms with Crippen LogP contribution in [0, 0.1) is 6.42 Å². The molecule has 1 aromatic rings.